The lowest BCUT2D eigenvalue weighted by atomic mass is 9.95. The van der Waals surface area contributed by atoms with E-state index in [4.69, 9.17) is 9.47 Å². The number of piperidine rings is 1. The Morgan fingerprint density at radius 1 is 1.38 bits per heavy atom. The number of amides is 1. The van der Waals surface area contributed by atoms with Gasteiger partial charge in [0.25, 0.3) is 0 Å². The minimum Gasteiger partial charge on any atom is -0.454 e. The first-order valence-corrected chi connectivity index (χ1v) is 7.11. The standard InChI is InChI=1S/C15H20N2O3.ClH/c1-10-8-16-5-4-12(10)17-15(18)7-11-2-3-13-14(6-11)20-9-19-13;/h2-3,6,10,12,16H,4-5,7-9H2,1H3,(H,17,18);1H. The Balaban J connectivity index is 0.00000161. The van der Waals surface area contributed by atoms with Gasteiger partial charge in [0.05, 0.1) is 6.42 Å². The van der Waals surface area contributed by atoms with Crippen molar-refractivity contribution in [3.63, 3.8) is 0 Å². The predicted molar refractivity (Wildman–Crippen MR) is 82.1 cm³/mol. The molecule has 1 saturated heterocycles. The monoisotopic (exact) mass is 312 g/mol. The third-order valence-corrected chi connectivity index (χ3v) is 3.93. The minimum absolute atomic E-state index is 0. The first-order valence-electron chi connectivity index (χ1n) is 7.11. The second kappa shape index (κ2) is 7.00. The van der Waals surface area contributed by atoms with E-state index < -0.39 is 0 Å². The molecule has 2 heterocycles. The molecule has 2 N–H and O–H groups in total. The van der Waals surface area contributed by atoms with Crippen molar-refractivity contribution in [2.24, 2.45) is 5.92 Å². The van der Waals surface area contributed by atoms with E-state index in [1.807, 2.05) is 18.2 Å². The first kappa shape index (κ1) is 15.9. The summed E-state index contributed by atoms with van der Waals surface area (Å²) in [6.07, 6.45) is 1.38. The third-order valence-electron chi connectivity index (χ3n) is 3.93. The van der Waals surface area contributed by atoms with Crippen LogP contribution < -0.4 is 20.1 Å². The number of carbonyl (C=O) groups is 1. The van der Waals surface area contributed by atoms with E-state index in [0.717, 1.165) is 36.6 Å². The SMILES string of the molecule is CC1CNCCC1NC(=O)Cc1ccc2c(c1)OCO2.Cl. The molecule has 2 aliphatic rings. The average Bonchev–Trinajstić information content (AvgIpc) is 2.89. The van der Waals surface area contributed by atoms with Crippen LogP contribution in [0.15, 0.2) is 18.2 Å². The molecule has 21 heavy (non-hydrogen) atoms. The van der Waals surface area contributed by atoms with E-state index in [1.165, 1.54) is 0 Å². The van der Waals surface area contributed by atoms with Gasteiger partial charge in [-0.25, -0.2) is 0 Å². The van der Waals surface area contributed by atoms with Crippen molar-refractivity contribution < 1.29 is 14.3 Å². The van der Waals surface area contributed by atoms with E-state index in [2.05, 4.69) is 17.6 Å². The molecule has 2 atom stereocenters. The highest BCUT2D eigenvalue weighted by atomic mass is 35.5. The number of halogens is 1. The van der Waals surface area contributed by atoms with Gasteiger partial charge in [0, 0.05) is 6.04 Å². The van der Waals surface area contributed by atoms with Gasteiger partial charge in [-0.15, -0.1) is 12.4 Å². The highest BCUT2D eigenvalue weighted by molar-refractivity contribution is 5.85. The van der Waals surface area contributed by atoms with Crippen LogP contribution in [0.2, 0.25) is 0 Å². The molecule has 0 radical (unpaired) electrons. The number of carbonyl (C=O) groups excluding carboxylic acids is 1. The molecular formula is C15H21ClN2O3. The van der Waals surface area contributed by atoms with Crippen LogP contribution in [0.4, 0.5) is 0 Å². The predicted octanol–water partition coefficient (Wildman–Crippen LogP) is 1.49. The summed E-state index contributed by atoms with van der Waals surface area (Å²) in [5.41, 5.74) is 0.952. The van der Waals surface area contributed by atoms with Crippen LogP contribution in [0, 0.1) is 5.92 Å². The highest BCUT2D eigenvalue weighted by Gasteiger charge is 2.22. The van der Waals surface area contributed by atoms with Crippen LogP contribution in [0.3, 0.4) is 0 Å². The van der Waals surface area contributed by atoms with Crippen molar-refractivity contribution >= 4 is 18.3 Å². The maximum absolute atomic E-state index is 12.1. The molecule has 0 spiro atoms. The fourth-order valence-corrected chi connectivity index (χ4v) is 2.72. The minimum atomic E-state index is 0. The number of hydrogen-bond donors (Lipinski definition) is 2. The van der Waals surface area contributed by atoms with E-state index in [0.29, 0.717) is 12.3 Å². The summed E-state index contributed by atoms with van der Waals surface area (Å²) in [4.78, 5) is 12.1. The normalized spacial score (nSPS) is 23.3. The maximum atomic E-state index is 12.1. The van der Waals surface area contributed by atoms with Gasteiger partial charge < -0.3 is 20.1 Å². The zero-order valence-electron chi connectivity index (χ0n) is 12.1. The van der Waals surface area contributed by atoms with Gasteiger partial charge in [-0.05, 0) is 43.1 Å². The van der Waals surface area contributed by atoms with Crippen molar-refractivity contribution in [2.75, 3.05) is 19.9 Å². The molecule has 2 aliphatic heterocycles. The summed E-state index contributed by atoms with van der Waals surface area (Å²) >= 11 is 0. The molecule has 2 unspecified atom stereocenters. The molecule has 1 fully saturated rings. The zero-order valence-corrected chi connectivity index (χ0v) is 12.9. The summed E-state index contributed by atoms with van der Waals surface area (Å²) in [5, 5.41) is 6.47. The Morgan fingerprint density at radius 3 is 3.00 bits per heavy atom. The molecule has 0 saturated carbocycles. The number of benzene rings is 1. The lowest BCUT2D eigenvalue weighted by molar-refractivity contribution is -0.121. The van der Waals surface area contributed by atoms with Gasteiger partial charge in [-0.1, -0.05) is 13.0 Å². The van der Waals surface area contributed by atoms with Crippen LogP contribution in [0.5, 0.6) is 11.5 Å². The molecular weight excluding hydrogens is 292 g/mol. The Bertz CT molecular complexity index is 510. The largest absolute Gasteiger partial charge is 0.454 e. The van der Waals surface area contributed by atoms with Gasteiger partial charge in [-0.2, -0.15) is 0 Å². The fraction of sp³-hybridized carbons (Fsp3) is 0.533. The first-order chi connectivity index (χ1) is 9.72. The van der Waals surface area contributed by atoms with Crippen molar-refractivity contribution in [1.82, 2.24) is 10.6 Å². The molecule has 5 nitrogen and oxygen atoms in total. The zero-order chi connectivity index (χ0) is 13.9. The lowest BCUT2D eigenvalue weighted by Crippen LogP contribution is -2.48. The van der Waals surface area contributed by atoms with E-state index >= 15 is 0 Å². The maximum Gasteiger partial charge on any atom is 0.231 e. The summed E-state index contributed by atoms with van der Waals surface area (Å²) in [6, 6.07) is 5.93. The number of fused-ring (bicyclic) bond motifs is 1. The van der Waals surface area contributed by atoms with Crippen molar-refractivity contribution in [3.8, 4) is 11.5 Å². The number of ether oxygens (including phenoxy) is 2. The summed E-state index contributed by atoms with van der Waals surface area (Å²) < 4.78 is 10.6. The second-order valence-electron chi connectivity index (χ2n) is 5.51. The molecule has 0 bridgehead atoms. The molecule has 3 rings (SSSR count). The fourth-order valence-electron chi connectivity index (χ4n) is 2.72. The van der Waals surface area contributed by atoms with Crippen molar-refractivity contribution in [1.29, 1.82) is 0 Å². The molecule has 0 aromatic heterocycles. The van der Waals surface area contributed by atoms with Crippen molar-refractivity contribution in [2.45, 2.75) is 25.8 Å². The number of hydrogen-bond acceptors (Lipinski definition) is 4. The number of rotatable bonds is 3. The lowest BCUT2D eigenvalue weighted by Gasteiger charge is -2.30. The second-order valence-corrected chi connectivity index (χ2v) is 5.51. The quantitative estimate of drug-likeness (QED) is 0.888. The topological polar surface area (TPSA) is 59.6 Å². The third kappa shape index (κ3) is 3.80. The van der Waals surface area contributed by atoms with Gasteiger partial charge in [-0.3, -0.25) is 4.79 Å². The summed E-state index contributed by atoms with van der Waals surface area (Å²) in [5.74, 6) is 2.03. The van der Waals surface area contributed by atoms with E-state index in [-0.39, 0.29) is 31.1 Å². The molecule has 6 heteroatoms. The molecule has 0 aliphatic carbocycles. The summed E-state index contributed by atoms with van der Waals surface area (Å²) in [6.45, 7) is 4.36. The highest BCUT2D eigenvalue weighted by Crippen LogP contribution is 2.32. The average molecular weight is 313 g/mol. The Kier molecular flexibility index (Phi) is 5.31. The molecule has 1 aromatic rings. The Morgan fingerprint density at radius 2 is 2.19 bits per heavy atom. The summed E-state index contributed by atoms with van der Waals surface area (Å²) in [7, 11) is 0. The van der Waals surface area contributed by atoms with Gasteiger partial charge >= 0.3 is 0 Å². The van der Waals surface area contributed by atoms with E-state index in [1.54, 1.807) is 0 Å². The van der Waals surface area contributed by atoms with Gasteiger partial charge in [0.2, 0.25) is 12.7 Å². The molecule has 1 amide bonds. The van der Waals surface area contributed by atoms with E-state index in [9.17, 15) is 4.79 Å². The Hall–Kier alpha value is -1.46. The smallest absolute Gasteiger partial charge is 0.231 e. The van der Waals surface area contributed by atoms with Gasteiger partial charge in [0.1, 0.15) is 0 Å². The van der Waals surface area contributed by atoms with Crippen LogP contribution in [-0.4, -0.2) is 31.8 Å². The van der Waals surface area contributed by atoms with Crippen LogP contribution in [0.25, 0.3) is 0 Å². The van der Waals surface area contributed by atoms with Crippen LogP contribution >= 0.6 is 12.4 Å². The molecule has 1 aromatic carbocycles. The van der Waals surface area contributed by atoms with Crippen LogP contribution in [-0.2, 0) is 11.2 Å². The van der Waals surface area contributed by atoms with Crippen molar-refractivity contribution in [3.05, 3.63) is 23.8 Å². The van der Waals surface area contributed by atoms with Crippen LogP contribution in [0.1, 0.15) is 18.9 Å². The number of nitrogens with one attached hydrogen (secondary N) is 2. The van der Waals surface area contributed by atoms with Gasteiger partial charge in [0.15, 0.2) is 11.5 Å². The Labute approximate surface area is 130 Å². The molecule has 116 valence electrons.